The minimum Gasteiger partial charge on any atom is -0.348 e. The van der Waals surface area contributed by atoms with E-state index in [1.807, 2.05) is 23.1 Å². The molecule has 3 aromatic rings. The van der Waals surface area contributed by atoms with Gasteiger partial charge in [-0.2, -0.15) is 0 Å². The normalized spacial score (nSPS) is 19.6. The smallest absolute Gasteiger partial charge is 0.251 e. The second-order valence-electron chi connectivity index (χ2n) is 9.14. The molecule has 2 amide bonds. The number of fused-ring (bicyclic) bond motifs is 1. The molecule has 2 N–H and O–H groups in total. The SMILES string of the molecule is Cl.O=C(NC1CCNCC1C(=O)N(Cc1cccc2ccccc12)C1CC1)c1ccc(F)c(Cl)c1. The molecule has 0 aromatic heterocycles. The molecule has 2 unspecified atom stereocenters. The Morgan fingerprint density at radius 1 is 1.06 bits per heavy atom. The molecule has 2 aliphatic rings. The van der Waals surface area contributed by atoms with Crippen molar-refractivity contribution >= 4 is 46.6 Å². The lowest BCUT2D eigenvalue weighted by atomic mass is 9.91. The summed E-state index contributed by atoms with van der Waals surface area (Å²) in [5, 5.41) is 8.54. The van der Waals surface area contributed by atoms with E-state index in [1.165, 1.54) is 18.2 Å². The van der Waals surface area contributed by atoms with Gasteiger partial charge in [0.2, 0.25) is 5.91 Å². The van der Waals surface area contributed by atoms with E-state index in [2.05, 4.69) is 34.9 Å². The van der Waals surface area contributed by atoms with Crippen molar-refractivity contribution in [2.24, 2.45) is 5.92 Å². The van der Waals surface area contributed by atoms with Crippen molar-refractivity contribution in [2.45, 2.75) is 37.9 Å². The van der Waals surface area contributed by atoms with Crippen molar-refractivity contribution < 1.29 is 14.0 Å². The van der Waals surface area contributed by atoms with Crippen LogP contribution in [0, 0.1) is 11.7 Å². The van der Waals surface area contributed by atoms with Crippen molar-refractivity contribution in [3.63, 3.8) is 0 Å². The van der Waals surface area contributed by atoms with Crippen LogP contribution in [-0.2, 0) is 11.3 Å². The first kappa shape index (κ1) is 25.4. The van der Waals surface area contributed by atoms with Crippen LogP contribution in [0.2, 0.25) is 5.02 Å². The van der Waals surface area contributed by atoms with E-state index in [1.54, 1.807) is 0 Å². The molecular weight excluding hydrogens is 488 g/mol. The second kappa shape index (κ2) is 10.9. The van der Waals surface area contributed by atoms with E-state index in [4.69, 9.17) is 11.6 Å². The molecular formula is C27H28Cl2FN3O2. The zero-order valence-electron chi connectivity index (χ0n) is 19.2. The summed E-state index contributed by atoms with van der Waals surface area (Å²) in [4.78, 5) is 28.7. The molecule has 2 atom stereocenters. The number of halogens is 3. The van der Waals surface area contributed by atoms with Gasteiger partial charge in [0.05, 0.1) is 10.9 Å². The minimum absolute atomic E-state index is 0. The second-order valence-corrected chi connectivity index (χ2v) is 9.55. The monoisotopic (exact) mass is 515 g/mol. The van der Waals surface area contributed by atoms with Crippen LogP contribution in [0.4, 0.5) is 4.39 Å². The highest BCUT2D eigenvalue weighted by Gasteiger charge is 2.40. The highest BCUT2D eigenvalue weighted by atomic mass is 35.5. The highest BCUT2D eigenvalue weighted by Crippen LogP contribution is 2.32. The zero-order valence-corrected chi connectivity index (χ0v) is 20.7. The van der Waals surface area contributed by atoms with Crippen LogP contribution < -0.4 is 10.6 Å². The van der Waals surface area contributed by atoms with Gasteiger partial charge >= 0.3 is 0 Å². The molecule has 5 rings (SSSR count). The molecule has 1 saturated carbocycles. The van der Waals surface area contributed by atoms with Crippen LogP contribution in [0.3, 0.4) is 0 Å². The summed E-state index contributed by atoms with van der Waals surface area (Å²) in [5.41, 5.74) is 1.41. The van der Waals surface area contributed by atoms with Crippen LogP contribution >= 0.6 is 24.0 Å². The first-order chi connectivity index (χ1) is 16.5. The maximum Gasteiger partial charge on any atom is 0.251 e. The molecule has 0 bridgehead atoms. The molecule has 35 heavy (non-hydrogen) atoms. The lowest BCUT2D eigenvalue weighted by Crippen LogP contribution is -2.55. The molecule has 2 fully saturated rings. The Labute approximate surface area is 215 Å². The van der Waals surface area contributed by atoms with Crippen molar-refractivity contribution in [1.82, 2.24) is 15.5 Å². The van der Waals surface area contributed by atoms with Crippen molar-refractivity contribution in [3.05, 3.63) is 82.6 Å². The fourth-order valence-corrected chi connectivity index (χ4v) is 4.96. The lowest BCUT2D eigenvalue weighted by Gasteiger charge is -2.36. The van der Waals surface area contributed by atoms with Crippen LogP contribution in [0.5, 0.6) is 0 Å². The highest BCUT2D eigenvalue weighted by molar-refractivity contribution is 6.31. The van der Waals surface area contributed by atoms with Gasteiger partial charge in [0, 0.05) is 30.7 Å². The van der Waals surface area contributed by atoms with Crippen LogP contribution in [-0.4, -0.2) is 41.9 Å². The Kier molecular flexibility index (Phi) is 7.95. The summed E-state index contributed by atoms with van der Waals surface area (Å²) in [6, 6.07) is 18.3. The number of carbonyl (C=O) groups excluding carboxylic acids is 2. The molecule has 1 aliphatic carbocycles. The lowest BCUT2D eigenvalue weighted by molar-refractivity contribution is -0.138. The molecule has 1 aliphatic heterocycles. The maximum absolute atomic E-state index is 13.8. The summed E-state index contributed by atoms with van der Waals surface area (Å²) in [6.45, 7) is 1.77. The number of hydrogen-bond donors (Lipinski definition) is 2. The Bertz CT molecular complexity index is 1230. The Balaban J connectivity index is 0.00000289. The molecule has 5 nitrogen and oxygen atoms in total. The molecule has 0 spiro atoms. The average molecular weight is 516 g/mol. The molecule has 8 heteroatoms. The van der Waals surface area contributed by atoms with Crippen LogP contribution in [0.15, 0.2) is 60.7 Å². The number of nitrogens with one attached hydrogen (secondary N) is 2. The molecule has 1 heterocycles. The van der Waals surface area contributed by atoms with E-state index in [9.17, 15) is 14.0 Å². The third-order valence-electron chi connectivity index (χ3n) is 6.79. The van der Waals surface area contributed by atoms with Gasteiger partial charge < -0.3 is 15.5 Å². The molecule has 184 valence electrons. The number of piperidine rings is 1. The van der Waals surface area contributed by atoms with Gasteiger partial charge in [-0.15, -0.1) is 12.4 Å². The number of nitrogens with zero attached hydrogens (tertiary/aromatic N) is 1. The zero-order chi connectivity index (χ0) is 23.7. The van der Waals surface area contributed by atoms with Gasteiger partial charge in [-0.05, 0) is 60.3 Å². The van der Waals surface area contributed by atoms with E-state index >= 15 is 0 Å². The topological polar surface area (TPSA) is 61.4 Å². The van der Waals surface area contributed by atoms with Gasteiger partial charge in [0.15, 0.2) is 0 Å². The Morgan fingerprint density at radius 2 is 1.83 bits per heavy atom. The first-order valence-electron chi connectivity index (χ1n) is 11.7. The summed E-state index contributed by atoms with van der Waals surface area (Å²) >= 11 is 5.86. The average Bonchev–Trinajstić information content (AvgIpc) is 3.69. The Hall–Kier alpha value is -2.67. The largest absolute Gasteiger partial charge is 0.348 e. The summed E-state index contributed by atoms with van der Waals surface area (Å²) in [7, 11) is 0. The van der Waals surface area contributed by atoms with E-state index in [-0.39, 0.29) is 52.8 Å². The fourth-order valence-electron chi connectivity index (χ4n) is 4.78. The van der Waals surface area contributed by atoms with Gasteiger partial charge in [0.25, 0.3) is 5.91 Å². The number of hydrogen-bond acceptors (Lipinski definition) is 3. The van der Waals surface area contributed by atoms with Crippen molar-refractivity contribution in [2.75, 3.05) is 13.1 Å². The first-order valence-corrected chi connectivity index (χ1v) is 12.1. The number of benzene rings is 3. The standard InChI is InChI=1S/C27H27ClFN3O2.ClH/c28-23-14-18(8-11-24(23)29)26(33)31-25-12-13-30-15-22(25)27(34)32(20-9-10-20)16-19-6-3-5-17-4-1-2-7-21(17)19;/h1-8,11,14,20,22,25,30H,9-10,12-13,15-16H2,(H,31,33);1H. The number of rotatable bonds is 6. The molecule has 3 aromatic carbocycles. The number of carbonyl (C=O) groups is 2. The summed E-state index contributed by atoms with van der Waals surface area (Å²) in [5.74, 6) is -1.23. The predicted octanol–water partition coefficient (Wildman–Crippen LogP) is 4.95. The van der Waals surface area contributed by atoms with Crippen LogP contribution in [0.25, 0.3) is 10.8 Å². The molecule has 0 radical (unpaired) electrons. The maximum atomic E-state index is 13.8. The fraction of sp³-hybridized carbons (Fsp3) is 0.333. The van der Waals surface area contributed by atoms with Gasteiger partial charge in [-0.25, -0.2) is 4.39 Å². The summed E-state index contributed by atoms with van der Waals surface area (Å²) < 4.78 is 13.5. The minimum atomic E-state index is -0.568. The van der Waals surface area contributed by atoms with E-state index in [0.29, 0.717) is 26.1 Å². The predicted molar refractivity (Wildman–Crippen MR) is 138 cm³/mol. The third kappa shape index (κ3) is 5.61. The van der Waals surface area contributed by atoms with E-state index < -0.39 is 5.82 Å². The van der Waals surface area contributed by atoms with Gasteiger partial charge in [-0.3, -0.25) is 9.59 Å². The van der Waals surface area contributed by atoms with E-state index in [0.717, 1.165) is 29.2 Å². The third-order valence-corrected chi connectivity index (χ3v) is 7.08. The van der Waals surface area contributed by atoms with Gasteiger partial charge in [0.1, 0.15) is 5.82 Å². The molecule has 1 saturated heterocycles. The summed E-state index contributed by atoms with van der Waals surface area (Å²) in [6.07, 6.45) is 2.65. The van der Waals surface area contributed by atoms with Crippen LogP contribution in [0.1, 0.15) is 35.2 Å². The quantitative estimate of drug-likeness (QED) is 0.488. The van der Waals surface area contributed by atoms with Crippen molar-refractivity contribution in [3.8, 4) is 0 Å². The van der Waals surface area contributed by atoms with Gasteiger partial charge in [-0.1, -0.05) is 54.1 Å². The Morgan fingerprint density at radius 3 is 2.60 bits per heavy atom. The van der Waals surface area contributed by atoms with Crippen molar-refractivity contribution in [1.29, 1.82) is 0 Å². The number of amides is 2.